The Morgan fingerprint density at radius 1 is 1.00 bits per heavy atom. The molecule has 4 N–H and O–H groups in total. The third kappa shape index (κ3) is 9.12. The summed E-state index contributed by atoms with van der Waals surface area (Å²) >= 11 is 0. The van der Waals surface area contributed by atoms with Crippen LogP contribution in [0.5, 0.6) is 0 Å². The third-order valence-electron chi connectivity index (χ3n) is 6.49. The van der Waals surface area contributed by atoms with E-state index in [0.717, 1.165) is 16.7 Å². The lowest BCUT2D eigenvalue weighted by atomic mass is 9.93. The SMILES string of the molecule is CCC(C)N(C(=O)C(CC(N)=O)NC(=O)OC(C)(C)C)C(C(=O)NCc1ccccc1)c1cccc(C)c1C. The second kappa shape index (κ2) is 13.8. The van der Waals surface area contributed by atoms with Crippen molar-refractivity contribution in [2.24, 2.45) is 5.73 Å². The summed E-state index contributed by atoms with van der Waals surface area (Å²) in [5.74, 6) is -1.75. The summed E-state index contributed by atoms with van der Waals surface area (Å²) in [6.07, 6.45) is -0.784. The number of hydrogen-bond donors (Lipinski definition) is 3. The molecule has 0 fully saturated rings. The Morgan fingerprint density at radius 3 is 2.21 bits per heavy atom. The molecular weight excluding hydrogens is 496 g/mol. The first-order chi connectivity index (χ1) is 18.2. The molecule has 0 saturated carbocycles. The van der Waals surface area contributed by atoms with Gasteiger partial charge in [-0.3, -0.25) is 14.4 Å². The van der Waals surface area contributed by atoms with E-state index in [9.17, 15) is 19.2 Å². The lowest BCUT2D eigenvalue weighted by Gasteiger charge is -2.38. The minimum absolute atomic E-state index is 0.268. The summed E-state index contributed by atoms with van der Waals surface area (Å²) in [6, 6.07) is 12.3. The van der Waals surface area contributed by atoms with Gasteiger partial charge in [-0.2, -0.15) is 0 Å². The number of nitrogens with two attached hydrogens (primary N) is 1. The van der Waals surface area contributed by atoms with Crippen molar-refractivity contribution < 1.29 is 23.9 Å². The van der Waals surface area contributed by atoms with Crippen molar-refractivity contribution in [3.05, 3.63) is 70.8 Å². The molecule has 2 rings (SSSR count). The molecule has 0 radical (unpaired) electrons. The fourth-order valence-corrected chi connectivity index (χ4v) is 4.20. The molecule has 0 aliphatic heterocycles. The van der Waals surface area contributed by atoms with Gasteiger partial charge >= 0.3 is 6.09 Å². The Labute approximate surface area is 231 Å². The van der Waals surface area contributed by atoms with Crippen LogP contribution in [0.1, 0.15) is 75.8 Å². The molecule has 9 heteroatoms. The number of nitrogens with zero attached hydrogens (tertiary/aromatic N) is 1. The maximum absolute atomic E-state index is 14.1. The Morgan fingerprint density at radius 2 is 1.64 bits per heavy atom. The minimum Gasteiger partial charge on any atom is -0.444 e. The van der Waals surface area contributed by atoms with Gasteiger partial charge in [0, 0.05) is 12.6 Å². The van der Waals surface area contributed by atoms with E-state index in [4.69, 9.17) is 10.5 Å². The molecule has 2 aromatic rings. The van der Waals surface area contributed by atoms with E-state index in [1.807, 2.05) is 76.2 Å². The second-order valence-corrected chi connectivity index (χ2v) is 10.8. The summed E-state index contributed by atoms with van der Waals surface area (Å²) in [5, 5.41) is 5.48. The number of rotatable bonds is 11. The molecule has 9 nitrogen and oxygen atoms in total. The summed E-state index contributed by atoms with van der Waals surface area (Å²) in [5.41, 5.74) is 8.04. The number of alkyl carbamates (subject to hydrolysis) is 1. The lowest BCUT2D eigenvalue weighted by molar-refractivity contribution is -0.146. The topological polar surface area (TPSA) is 131 Å². The Balaban J connectivity index is 2.56. The zero-order valence-corrected chi connectivity index (χ0v) is 24.0. The number of aryl methyl sites for hydroxylation is 1. The van der Waals surface area contributed by atoms with Gasteiger partial charge in [0.25, 0.3) is 0 Å². The first-order valence-electron chi connectivity index (χ1n) is 13.2. The van der Waals surface area contributed by atoms with Gasteiger partial charge in [-0.25, -0.2) is 4.79 Å². The molecule has 0 spiro atoms. The first kappa shape index (κ1) is 31.3. The molecule has 39 heavy (non-hydrogen) atoms. The molecule has 0 aromatic heterocycles. The molecule has 2 aromatic carbocycles. The monoisotopic (exact) mass is 538 g/mol. The van der Waals surface area contributed by atoms with E-state index >= 15 is 0 Å². The van der Waals surface area contributed by atoms with Crippen LogP contribution in [-0.2, 0) is 25.7 Å². The molecule has 3 unspecified atom stereocenters. The molecule has 4 amide bonds. The van der Waals surface area contributed by atoms with E-state index in [-0.39, 0.29) is 12.5 Å². The van der Waals surface area contributed by atoms with Crippen molar-refractivity contribution in [3.8, 4) is 0 Å². The van der Waals surface area contributed by atoms with Crippen LogP contribution in [-0.4, -0.2) is 46.4 Å². The van der Waals surface area contributed by atoms with Gasteiger partial charge in [0.2, 0.25) is 17.7 Å². The van der Waals surface area contributed by atoms with Gasteiger partial charge in [0.05, 0.1) is 6.42 Å². The third-order valence-corrected chi connectivity index (χ3v) is 6.49. The van der Waals surface area contributed by atoms with Crippen LogP contribution in [0.15, 0.2) is 48.5 Å². The predicted molar refractivity (Wildman–Crippen MR) is 151 cm³/mol. The molecule has 0 aliphatic carbocycles. The van der Waals surface area contributed by atoms with Gasteiger partial charge < -0.3 is 26.0 Å². The van der Waals surface area contributed by atoms with E-state index in [0.29, 0.717) is 12.0 Å². The van der Waals surface area contributed by atoms with Crippen molar-refractivity contribution in [1.82, 2.24) is 15.5 Å². The summed E-state index contributed by atoms with van der Waals surface area (Å²) in [6.45, 7) is 12.9. The van der Waals surface area contributed by atoms with Gasteiger partial charge in [-0.1, -0.05) is 55.5 Å². The average Bonchev–Trinajstić information content (AvgIpc) is 2.85. The van der Waals surface area contributed by atoms with Gasteiger partial charge in [0.1, 0.15) is 17.7 Å². The highest BCUT2D eigenvalue weighted by atomic mass is 16.6. The van der Waals surface area contributed by atoms with Crippen LogP contribution in [0.25, 0.3) is 0 Å². The van der Waals surface area contributed by atoms with Gasteiger partial charge in [-0.15, -0.1) is 0 Å². The Bertz CT molecular complexity index is 1160. The normalized spacial score (nSPS) is 13.5. The standard InChI is InChI=1S/C30H42N4O5/c1-8-20(3)34(28(37)24(17-25(31)35)33-29(38)39-30(5,6)7)26(23-16-12-13-19(2)21(23)4)27(36)32-18-22-14-10-9-11-15-22/h9-16,20,24,26H,8,17-18H2,1-7H3,(H2,31,35)(H,32,36)(H,33,38). The molecule has 212 valence electrons. The lowest BCUT2D eigenvalue weighted by Crippen LogP contribution is -2.56. The highest BCUT2D eigenvalue weighted by molar-refractivity contribution is 5.95. The van der Waals surface area contributed by atoms with E-state index < -0.39 is 48.1 Å². The quantitative estimate of drug-likeness (QED) is 0.397. The second-order valence-electron chi connectivity index (χ2n) is 10.8. The van der Waals surface area contributed by atoms with Crippen molar-refractivity contribution in [2.45, 2.75) is 91.6 Å². The van der Waals surface area contributed by atoms with E-state index in [1.165, 1.54) is 4.90 Å². The fraction of sp³-hybridized carbons (Fsp3) is 0.467. The number of ether oxygens (including phenoxy) is 1. The van der Waals surface area contributed by atoms with Crippen LogP contribution < -0.4 is 16.4 Å². The zero-order chi connectivity index (χ0) is 29.3. The molecule has 3 atom stereocenters. The Kier molecular flexibility index (Phi) is 11.1. The van der Waals surface area contributed by atoms with Crippen LogP contribution in [0, 0.1) is 13.8 Å². The van der Waals surface area contributed by atoms with Crippen molar-refractivity contribution in [1.29, 1.82) is 0 Å². The molecular formula is C30H42N4O5. The van der Waals surface area contributed by atoms with Crippen LogP contribution in [0.3, 0.4) is 0 Å². The number of hydrogen-bond acceptors (Lipinski definition) is 5. The largest absolute Gasteiger partial charge is 0.444 e. The van der Waals surface area contributed by atoms with Crippen molar-refractivity contribution in [3.63, 3.8) is 0 Å². The first-order valence-corrected chi connectivity index (χ1v) is 13.2. The number of carbonyl (C=O) groups is 4. The molecule has 0 saturated heterocycles. The van der Waals surface area contributed by atoms with Crippen LogP contribution in [0.4, 0.5) is 4.79 Å². The maximum Gasteiger partial charge on any atom is 0.408 e. The average molecular weight is 539 g/mol. The number of carbonyl (C=O) groups excluding carboxylic acids is 4. The number of nitrogens with one attached hydrogen (secondary N) is 2. The molecule has 0 heterocycles. The van der Waals surface area contributed by atoms with Crippen LogP contribution >= 0.6 is 0 Å². The highest BCUT2D eigenvalue weighted by Crippen LogP contribution is 2.30. The number of benzene rings is 2. The summed E-state index contributed by atoms with van der Waals surface area (Å²) in [4.78, 5) is 54.1. The smallest absolute Gasteiger partial charge is 0.408 e. The van der Waals surface area contributed by atoms with Crippen molar-refractivity contribution in [2.75, 3.05) is 0 Å². The van der Waals surface area contributed by atoms with Gasteiger partial charge in [0.15, 0.2) is 0 Å². The van der Waals surface area contributed by atoms with Crippen molar-refractivity contribution >= 4 is 23.8 Å². The minimum atomic E-state index is -1.32. The number of primary amides is 1. The summed E-state index contributed by atoms with van der Waals surface area (Å²) in [7, 11) is 0. The fourth-order valence-electron chi connectivity index (χ4n) is 4.20. The van der Waals surface area contributed by atoms with Gasteiger partial charge in [-0.05, 0) is 70.2 Å². The highest BCUT2D eigenvalue weighted by Gasteiger charge is 2.39. The maximum atomic E-state index is 14.1. The van der Waals surface area contributed by atoms with E-state index in [2.05, 4.69) is 10.6 Å². The number of amides is 4. The predicted octanol–water partition coefficient (Wildman–Crippen LogP) is 4.06. The Hall–Kier alpha value is -3.88. The van der Waals surface area contributed by atoms with Crippen LogP contribution in [0.2, 0.25) is 0 Å². The molecule has 0 bridgehead atoms. The van der Waals surface area contributed by atoms with E-state index in [1.54, 1.807) is 20.8 Å². The molecule has 0 aliphatic rings. The zero-order valence-electron chi connectivity index (χ0n) is 24.0. The summed E-state index contributed by atoms with van der Waals surface area (Å²) < 4.78 is 5.33.